The normalized spacial score (nSPS) is 18.4. The maximum atomic E-state index is 13.3. The van der Waals surface area contributed by atoms with Crippen LogP contribution in [-0.2, 0) is 14.9 Å². The Balaban J connectivity index is 1.58. The molecule has 2 aliphatic heterocycles. The van der Waals surface area contributed by atoms with Crippen LogP contribution in [-0.4, -0.2) is 50.1 Å². The van der Waals surface area contributed by atoms with Crippen molar-refractivity contribution in [1.29, 1.82) is 0 Å². The van der Waals surface area contributed by atoms with Gasteiger partial charge in [0.1, 0.15) is 6.26 Å². The summed E-state index contributed by atoms with van der Waals surface area (Å²) >= 11 is 0. The minimum Gasteiger partial charge on any atom is -0.472 e. The summed E-state index contributed by atoms with van der Waals surface area (Å²) in [7, 11) is 1.64. The van der Waals surface area contributed by atoms with Gasteiger partial charge in [-0.1, -0.05) is 18.2 Å². The monoisotopic (exact) mass is 354 g/mol. The topological polar surface area (TPSA) is 63.0 Å². The number of nitrogens with zero attached hydrogens (tertiary/aromatic N) is 2. The minimum absolute atomic E-state index is 0.0384. The largest absolute Gasteiger partial charge is 0.472 e. The number of rotatable bonds is 4. The molecule has 1 aromatic heterocycles. The van der Waals surface area contributed by atoms with Crippen LogP contribution in [0.15, 0.2) is 47.3 Å². The van der Waals surface area contributed by atoms with Crippen LogP contribution in [0.3, 0.4) is 0 Å². The number of anilines is 1. The summed E-state index contributed by atoms with van der Waals surface area (Å²) in [5.41, 5.74) is 2.08. The molecule has 3 heterocycles. The number of furan rings is 1. The number of methoxy groups -OCH3 is 1. The first-order valence-electron chi connectivity index (χ1n) is 8.89. The number of amides is 2. The third-order valence-electron chi connectivity index (χ3n) is 5.56. The zero-order chi connectivity index (χ0) is 18.1. The van der Waals surface area contributed by atoms with Crippen LogP contribution in [0.4, 0.5) is 5.69 Å². The van der Waals surface area contributed by atoms with Crippen LogP contribution < -0.4 is 4.90 Å². The molecule has 1 aromatic carbocycles. The predicted octanol–water partition coefficient (Wildman–Crippen LogP) is 2.45. The van der Waals surface area contributed by atoms with Crippen molar-refractivity contribution >= 4 is 17.5 Å². The number of hydrogen-bond acceptors (Lipinski definition) is 4. The lowest BCUT2D eigenvalue weighted by Gasteiger charge is -2.38. The van der Waals surface area contributed by atoms with Gasteiger partial charge in [0.15, 0.2) is 0 Å². The van der Waals surface area contributed by atoms with Crippen LogP contribution in [0.5, 0.6) is 0 Å². The van der Waals surface area contributed by atoms with E-state index in [1.54, 1.807) is 13.2 Å². The van der Waals surface area contributed by atoms with E-state index in [1.165, 1.54) is 12.5 Å². The molecule has 1 fully saturated rings. The van der Waals surface area contributed by atoms with Crippen molar-refractivity contribution in [2.45, 2.75) is 18.3 Å². The lowest BCUT2D eigenvalue weighted by atomic mass is 9.73. The van der Waals surface area contributed by atoms with Gasteiger partial charge in [-0.15, -0.1) is 0 Å². The molecular formula is C20H22N2O4. The second-order valence-corrected chi connectivity index (χ2v) is 6.85. The number of carbonyl (C=O) groups is 2. The van der Waals surface area contributed by atoms with Crippen molar-refractivity contribution in [2.24, 2.45) is 0 Å². The van der Waals surface area contributed by atoms with Crippen LogP contribution >= 0.6 is 0 Å². The molecule has 136 valence electrons. The van der Waals surface area contributed by atoms with E-state index in [9.17, 15) is 9.59 Å². The number of ether oxygens (including phenoxy) is 1. The molecule has 0 unspecified atom stereocenters. The average Bonchev–Trinajstić information content (AvgIpc) is 3.29. The number of fused-ring (bicyclic) bond motifs is 2. The Bertz CT molecular complexity index is 807. The number of hydrogen-bond donors (Lipinski definition) is 0. The summed E-state index contributed by atoms with van der Waals surface area (Å²) in [6, 6.07) is 9.67. The summed E-state index contributed by atoms with van der Waals surface area (Å²) in [5, 5.41) is 0. The quantitative estimate of drug-likeness (QED) is 0.846. The van der Waals surface area contributed by atoms with Gasteiger partial charge in [0.05, 0.1) is 23.8 Å². The third-order valence-corrected chi connectivity index (χ3v) is 5.56. The third kappa shape index (κ3) is 2.52. The first-order valence-corrected chi connectivity index (χ1v) is 8.89. The van der Waals surface area contributed by atoms with Gasteiger partial charge >= 0.3 is 0 Å². The Morgan fingerprint density at radius 3 is 2.69 bits per heavy atom. The zero-order valence-electron chi connectivity index (χ0n) is 14.8. The summed E-state index contributed by atoms with van der Waals surface area (Å²) < 4.78 is 10.2. The van der Waals surface area contributed by atoms with Gasteiger partial charge in [-0.3, -0.25) is 9.59 Å². The molecule has 6 heteroatoms. The fourth-order valence-corrected chi connectivity index (χ4v) is 4.14. The maximum Gasteiger partial charge on any atom is 0.257 e. The number of piperidine rings is 1. The van der Waals surface area contributed by atoms with Crippen molar-refractivity contribution in [3.63, 3.8) is 0 Å². The molecule has 0 atom stereocenters. The van der Waals surface area contributed by atoms with Gasteiger partial charge in [-0.2, -0.15) is 0 Å². The van der Waals surface area contributed by atoms with Gasteiger partial charge < -0.3 is 19.0 Å². The lowest BCUT2D eigenvalue weighted by molar-refractivity contribution is -0.124. The standard InChI is InChI=1S/C20H22N2O4/c1-25-13-11-22-17-5-3-2-4-16(17)20(19(22)24)7-9-21(10-8-20)18(23)15-6-12-26-14-15/h2-6,12,14H,7-11,13H2,1H3. The Labute approximate surface area is 152 Å². The van der Waals surface area contributed by atoms with E-state index >= 15 is 0 Å². The highest BCUT2D eigenvalue weighted by molar-refractivity contribution is 6.08. The average molecular weight is 354 g/mol. The highest BCUT2D eigenvalue weighted by atomic mass is 16.5. The van der Waals surface area contributed by atoms with E-state index in [0.717, 1.165) is 11.3 Å². The van der Waals surface area contributed by atoms with E-state index in [-0.39, 0.29) is 11.8 Å². The molecule has 2 aromatic rings. The van der Waals surface area contributed by atoms with Gasteiger partial charge in [0.2, 0.25) is 5.91 Å². The summed E-state index contributed by atoms with van der Waals surface area (Å²) in [6.07, 6.45) is 4.24. The Hall–Kier alpha value is -2.60. The zero-order valence-corrected chi connectivity index (χ0v) is 14.8. The molecule has 6 nitrogen and oxygen atoms in total. The molecule has 0 bridgehead atoms. The molecule has 0 N–H and O–H groups in total. The summed E-state index contributed by atoms with van der Waals surface area (Å²) in [6.45, 7) is 2.16. The molecule has 0 aliphatic carbocycles. The lowest BCUT2D eigenvalue weighted by Crippen LogP contribution is -2.50. The number of likely N-dealkylation sites (tertiary alicyclic amines) is 1. The second kappa shape index (κ2) is 6.61. The van der Waals surface area contributed by atoms with Gasteiger partial charge in [0.25, 0.3) is 5.91 Å². The fraction of sp³-hybridized carbons (Fsp3) is 0.400. The van der Waals surface area contributed by atoms with Crippen LogP contribution in [0, 0.1) is 0 Å². The highest BCUT2D eigenvalue weighted by Crippen LogP contribution is 2.47. The summed E-state index contributed by atoms with van der Waals surface area (Å²) in [5.74, 6) is 0.0923. The van der Waals surface area contributed by atoms with Crippen molar-refractivity contribution in [3.05, 3.63) is 54.0 Å². The number of carbonyl (C=O) groups excluding carboxylic acids is 2. The van der Waals surface area contributed by atoms with Gasteiger partial charge in [-0.05, 0) is 30.5 Å². The molecule has 2 aliphatic rings. The van der Waals surface area contributed by atoms with Gasteiger partial charge in [-0.25, -0.2) is 0 Å². The molecule has 26 heavy (non-hydrogen) atoms. The highest BCUT2D eigenvalue weighted by Gasteiger charge is 2.52. The first-order chi connectivity index (χ1) is 12.7. The molecule has 0 radical (unpaired) electrons. The minimum atomic E-state index is -0.530. The van der Waals surface area contributed by atoms with Crippen molar-refractivity contribution in [2.75, 3.05) is 38.3 Å². The fourth-order valence-electron chi connectivity index (χ4n) is 4.14. The Kier molecular flexibility index (Phi) is 4.28. The van der Waals surface area contributed by atoms with Crippen molar-refractivity contribution < 1.29 is 18.7 Å². The van der Waals surface area contributed by atoms with Crippen molar-refractivity contribution in [3.8, 4) is 0 Å². The van der Waals surface area contributed by atoms with Crippen molar-refractivity contribution in [1.82, 2.24) is 4.90 Å². The van der Waals surface area contributed by atoms with Crippen LogP contribution in [0.25, 0.3) is 0 Å². The molecule has 0 saturated carbocycles. The van der Waals surface area contributed by atoms with E-state index in [1.807, 2.05) is 34.1 Å². The number of para-hydroxylation sites is 1. The first kappa shape index (κ1) is 16.8. The maximum absolute atomic E-state index is 13.3. The Morgan fingerprint density at radius 1 is 1.23 bits per heavy atom. The molecule has 1 spiro atoms. The SMILES string of the molecule is COCCN1C(=O)C2(CCN(C(=O)c3ccoc3)CC2)c2ccccc21. The number of benzene rings is 1. The predicted molar refractivity (Wildman–Crippen MR) is 96.2 cm³/mol. The molecule has 4 rings (SSSR count). The summed E-state index contributed by atoms with van der Waals surface area (Å²) in [4.78, 5) is 29.5. The molecule has 1 saturated heterocycles. The van der Waals surface area contributed by atoms with E-state index < -0.39 is 5.41 Å². The Morgan fingerprint density at radius 2 is 2.00 bits per heavy atom. The van der Waals surface area contributed by atoms with Crippen LogP contribution in [0.2, 0.25) is 0 Å². The van der Waals surface area contributed by atoms with Crippen LogP contribution in [0.1, 0.15) is 28.8 Å². The van der Waals surface area contributed by atoms with Gasteiger partial charge in [0, 0.05) is 32.4 Å². The second-order valence-electron chi connectivity index (χ2n) is 6.85. The van der Waals surface area contributed by atoms with E-state index in [4.69, 9.17) is 9.15 Å². The van der Waals surface area contributed by atoms with E-state index in [2.05, 4.69) is 0 Å². The molecular weight excluding hydrogens is 332 g/mol. The van der Waals surface area contributed by atoms with E-state index in [0.29, 0.717) is 44.6 Å². The smallest absolute Gasteiger partial charge is 0.257 e. The molecule has 2 amide bonds.